The predicted octanol–water partition coefficient (Wildman–Crippen LogP) is 2.72. The molecule has 0 aromatic carbocycles. The Hall–Kier alpha value is -0.250. The number of nitrogens with one attached hydrogen (secondary N) is 1. The van der Waals surface area contributed by atoms with Gasteiger partial charge in [0.25, 0.3) is 0 Å². The normalized spacial score (nSPS) is 21.2. The smallest absolute Gasteiger partial charge is 0.306 e. The molecule has 0 saturated heterocycles. The average molecular weight is 195 g/mol. The molecule has 0 bridgehead atoms. The van der Waals surface area contributed by atoms with Crippen LogP contribution in [-0.4, -0.2) is 18.8 Å². The Morgan fingerprint density at radius 2 is 2.00 bits per heavy atom. The van der Waals surface area contributed by atoms with Gasteiger partial charge in [0.15, 0.2) is 0 Å². The second-order valence-electron chi connectivity index (χ2n) is 3.93. The number of hydrogen-bond acceptors (Lipinski definition) is 1. The van der Waals surface area contributed by atoms with E-state index in [4.69, 9.17) is 0 Å². The maximum atomic E-state index is 11.8. The molecule has 78 valence electrons. The van der Waals surface area contributed by atoms with Crippen molar-refractivity contribution in [2.24, 2.45) is 5.92 Å². The third kappa shape index (κ3) is 4.50. The van der Waals surface area contributed by atoms with Crippen LogP contribution in [0.4, 0.5) is 13.2 Å². The van der Waals surface area contributed by atoms with Gasteiger partial charge in [0.1, 0.15) is 0 Å². The lowest BCUT2D eigenvalue weighted by molar-refractivity contribution is -0.126. The van der Waals surface area contributed by atoms with Crippen LogP contribution < -0.4 is 5.32 Å². The Morgan fingerprint density at radius 1 is 1.38 bits per heavy atom. The summed E-state index contributed by atoms with van der Waals surface area (Å²) in [5.74, 6) is 0.663. The van der Waals surface area contributed by atoms with Crippen LogP contribution in [0.1, 0.15) is 32.6 Å². The molecule has 13 heavy (non-hydrogen) atoms. The molecule has 4 heteroatoms. The number of halogens is 3. The van der Waals surface area contributed by atoms with Gasteiger partial charge in [0.05, 0.1) is 6.54 Å². The van der Waals surface area contributed by atoms with E-state index in [0.717, 1.165) is 6.42 Å². The molecule has 1 saturated carbocycles. The highest BCUT2D eigenvalue weighted by Crippen LogP contribution is 2.30. The monoisotopic (exact) mass is 195 g/mol. The van der Waals surface area contributed by atoms with E-state index in [9.17, 15) is 13.2 Å². The number of rotatable bonds is 4. The first-order valence-electron chi connectivity index (χ1n) is 4.77. The first-order valence-corrected chi connectivity index (χ1v) is 4.77. The molecule has 0 aromatic rings. The van der Waals surface area contributed by atoms with Crippen molar-refractivity contribution in [2.75, 3.05) is 6.54 Å². The molecule has 0 aliphatic heterocycles. The quantitative estimate of drug-likeness (QED) is 0.727. The summed E-state index contributed by atoms with van der Waals surface area (Å²) in [6, 6.07) is -0.00748. The van der Waals surface area contributed by atoms with E-state index in [1.54, 1.807) is 0 Å². The summed E-state index contributed by atoms with van der Waals surface area (Å²) < 4.78 is 35.4. The molecule has 0 amide bonds. The van der Waals surface area contributed by atoms with Gasteiger partial charge in [-0.1, -0.05) is 19.3 Å². The maximum Gasteiger partial charge on any atom is 0.401 e. The average Bonchev–Trinajstić information content (AvgIpc) is 1.91. The number of hydrogen-bond donors (Lipinski definition) is 1. The zero-order valence-corrected chi connectivity index (χ0v) is 7.82. The summed E-state index contributed by atoms with van der Waals surface area (Å²) in [4.78, 5) is 0. The standard InChI is InChI=1S/C9H16F3N/c1-7(5-8-3-2-4-8)13-6-9(10,11)12/h7-8,13H,2-6H2,1H3. The molecule has 0 aromatic heterocycles. The molecule has 1 aliphatic carbocycles. The number of alkyl halides is 3. The van der Waals surface area contributed by atoms with Gasteiger partial charge in [-0.3, -0.25) is 0 Å². The minimum Gasteiger partial charge on any atom is -0.306 e. The Kier molecular flexibility index (Phi) is 3.59. The highest BCUT2D eigenvalue weighted by Gasteiger charge is 2.28. The molecule has 0 heterocycles. The first kappa shape index (κ1) is 10.8. The van der Waals surface area contributed by atoms with E-state index >= 15 is 0 Å². The Labute approximate surface area is 76.7 Å². The van der Waals surface area contributed by atoms with Crippen molar-refractivity contribution in [1.82, 2.24) is 5.32 Å². The highest BCUT2D eigenvalue weighted by atomic mass is 19.4. The summed E-state index contributed by atoms with van der Waals surface area (Å²) in [5.41, 5.74) is 0. The molecule has 0 radical (unpaired) electrons. The first-order chi connectivity index (χ1) is 5.97. The van der Waals surface area contributed by atoms with Gasteiger partial charge in [-0.15, -0.1) is 0 Å². The van der Waals surface area contributed by atoms with Crippen LogP contribution >= 0.6 is 0 Å². The maximum absolute atomic E-state index is 11.8. The third-order valence-electron chi connectivity index (χ3n) is 2.56. The molecule has 1 rings (SSSR count). The molecule has 1 fully saturated rings. The van der Waals surface area contributed by atoms with Gasteiger partial charge in [-0.05, 0) is 19.3 Å². The Bertz CT molecular complexity index is 151. The molecular weight excluding hydrogens is 179 g/mol. The predicted molar refractivity (Wildman–Crippen MR) is 45.5 cm³/mol. The van der Waals surface area contributed by atoms with Crippen molar-refractivity contribution in [3.05, 3.63) is 0 Å². The molecule has 0 spiro atoms. The largest absolute Gasteiger partial charge is 0.401 e. The van der Waals surface area contributed by atoms with Crippen molar-refractivity contribution in [1.29, 1.82) is 0 Å². The van der Waals surface area contributed by atoms with Crippen LogP contribution in [0.15, 0.2) is 0 Å². The fraction of sp³-hybridized carbons (Fsp3) is 1.00. The molecule has 1 N–H and O–H groups in total. The van der Waals surface area contributed by atoms with Gasteiger partial charge in [0, 0.05) is 6.04 Å². The Morgan fingerprint density at radius 3 is 2.38 bits per heavy atom. The van der Waals surface area contributed by atoms with E-state index in [-0.39, 0.29) is 6.04 Å². The second-order valence-corrected chi connectivity index (χ2v) is 3.93. The fourth-order valence-electron chi connectivity index (χ4n) is 1.60. The topological polar surface area (TPSA) is 12.0 Å². The van der Waals surface area contributed by atoms with Gasteiger partial charge < -0.3 is 5.32 Å². The van der Waals surface area contributed by atoms with Crippen LogP contribution in [0.25, 0.3) is 0 Å². The van der Waals surface area contributed by atoms with E-state index in [1.807, 2.05) is 6.92 Å². The zero-order valence-electron chi connectivity index (χ0n) is 7.82. The Balaban J connectivity index is 2.06. The van der Waals surface area contributed by atoms with E-state index < -0.39 is 12.7 Å². The minimum absolute atomic E-state index is 0.00748. The van der Waals surface area contributed by atoms with Gasteiger partial charge in [0.2, 0.25) is 0 Å². The van der Waals surface area contributed by atoms with Gasteiger partial charge >= 0.3 is 6.18 Å². The van der Waals surface area contributed by atoms with Crippen LogP contribution in [-0.2, 0) is 0 Å². The van der Waals surface area contributed by atoms with E-state index in [1.165, 1.54) is 19.3 Å². The minimum atomic E-state index is -4.08. The van der Waals surface area contributed by atoms with Crippen molar-refractivity contribution >= 4 is 0 Å². The fourth-order valence-corrected chi connectivity index (χ4v) is 1.60. The van der Waals surface area contributed by atoms with Crippen LogP contribution in [0.5, 0.6) is 0 Å². The van der Waals surface area contributed by atoms with Crippen molar-refractivity contribution in [3.63, 3.8) is 0 Å². The van der Waals surface area contributed by atoms with Crippen LogP contribution in [0.2, 0.25) is 0 Å². The van der Waals surface area contributed by atoms with E-state index in [2.05, 4.69) is 5.32 Å². The molecular formula is C9H16F3N. The van der Waals surface area contributed by atoms with E-state index in [0.29, 0.717) is 5.92 Å². The zero-order chi connectivity index (χ0) is 9.90. The van der Waals surface area contributed by atoms with Crippen molar-refractivity contribution in [3.8, 4) is 0 Å². The van der Waals surface area contributed by atoms with Crippen molar-refractivity contribution in [2.45, 2.75) is 44.8 Å². The third-order valence-corrected chi connectivity index (χ3v) is 2.56. The van der Waals surface area contributed by atoms with Crippen LogP contribution in [0.3, 0.4) is 0 Å². The SMILES string of the molecule is CC(CC1CCC1)NCC(F)(F)F. The summed E-state index contributed by atoms with van der Waals surface area (Å²) in [6.07, 6.45) is 0.441. The lowest BCUT2D eigenvalue weighted by Crippen LogP contribution is -2.37. The van der Waals surface area contributed by atoms with Gasteiger partial charge in [-0.2, -0.15) is 13.2 Å². The molecule has 1 unspecified atom stereocenters. The lowest BCUT2D eigenvalue weighted by atomic mass is 9.81. The van der Waals surface area contributed by atoms with Crippen LogP contribution in [0, 0.1) is 5.92 Å². The lowest BCUT2D eigenvalue weighted by Gasteiger charge is -2.28. The highest BCUT2D eigenvalue weighted by molar-refractivity contribution is 4.75. The summed E-state index contributed by atoms with van der Waals surface area (Å²) >= 11 is 0. The second kappa shape index (κ2) is 4.31. The molecule has 1 nitrogen and oxygen atoms in total. The molecule has 1 atom stereocenters. The summed E-state index contributed by atoms with van der Waals surface area (Å²) in [6.45, 7) is 0.963. The summed E-state index contributed by atoms with van der Waals surface area (Å²) in [5, 5.41) is 2.50. The van der Waals surface area contributed by atoms with Crippen molar-refractivity contribution < 1.29 is 13.2 Å². The van der Waals surface area contributed by atoms with Gasteiger partial charge in [-0.25, -0.2) is 0 Å². The molecule has 1 aliphatic rings. The summed E-state index contributed by atoms with van der Waals surface area (Å²) in [7, 11) is 0.